The van der Waals surface area contributed by atoms with E-state index in [1.165, 1.54) is 30.3 Å². The van der Waals surface area contributed by atoms with Gasteiger partial charge in [0.1, 0.15) is 11.6 Å². The monoisotopic (exact) mass is 340 g/mol. The molecule has 0 aliphatic rings. The highest BCUT2D eigenvalue weighted by molar-refractivity contribution is 5.92. The van der Waals surface area contributed by atoms with Crippen LogP contribution in [-0.4, -0.2) is 16.1 Å². The van der Waals surface area contributed by atoms with Crippen molar-refractivity contribution in [1.82, 2.24) is 15.5 Å². The van der Waals surface area contributed by atoms with Crippen LogP contribution in [0.2, 0.25) is 0 Å². The number of hydrogen-bond acceptors (Lipinski definition) is 4. The molecule has 1 amide bonds. The third-order valence-corrected chi connectivity index (χ3v) is 3.36. The van der Waals surface area contributed by atoms with Gasteiger partial charge in [-0.3, -0.25) is 4.79 Å². The van der Waals surface area contributed by atoms with E-state index in [1.807, 2.05) is 0 Å². The number of nitrogens with one attached hydrogen (secondary N) is 2. The summed E-state index contributed by atoms with van der Waals surface area (Å²) in [7, 11) is 0. The number of anilines is 2. The molecule has 0 fully saturated rings. The second-order valence-corrected chi connectivity index (χ2v) is 5.25. The number of carbonyl (C=O) groups is 1. The van der Waals surface area contributed by atoms with Gasteiger partial charge >= 0.3 is 0 Å². The zero-order chi connectivity index (χ0) is 17.6. The Balaban J connectivity index is 1.59. The fraction of sp³-hybridized carbons (Fsp3) is 0.0556. The van der Waals surface area contributed by atoms with E-state index >= 15 is 0 Å². The van der Waals surface area contributed by atoms with Crippen LogP contribution >= 0.6 is 0 Å². The predicted molar refractivity (Wildman–Crippen MR) is 89.3 cm³/mol. The van der Waals surface area contributed by atoms with E-state index in [4.69, 9.17) is 0 Å². The minimum atomic E-state index is -0.394. The van der Waals surface area contributed by atoms with Crippen LogP contribution in [0.3, 0.4) is 0 Å². The first-order valence-corrected chi connectivity index (χ1v) is 7.49. The topological polar surface area (TPSA) is 66.9 Å². The second-order valence-electron chi connectivity index (χ2n) is 5.25. The van der Waals surface area contributed by atoms with Crippen molar-refractivity contribution in [3.8, 4) is 0 Å². The number of halogens is 2. The molecule has 0 bridgehead atoms. The Kier molecular flexibility index (Phi) is 4.94. The van der Waals surface area contributed by atoms with E-state index in [0.29, 0.717) is 11.5 Å². The van der Waals surface area contributed by atoms with E-state index in [1.54, 1.807) is 30.3 Å². The zero-order valence-corrected chi connectivity index (χ0v) is 13.0. The van der Waals surface area contributed by atoms with Gasteiger partial charge in [0, 0.05) is 12.2 Å². The Morgan fingerprint density at radius 1 is 0.920 bits per heavy atom. The smallest absolute Gasteiger partial charge is 0.272 e. The molecule has 0 unspecified atom stereocenters. The van der Waals surface area contributed by atoms with Crippen LogP contribution in [0.4, 0.5) is 20.3 Å². The van der Waals surface area contributed by atoms with Crippen molar-refractivity contribution in [3.05, 3.63) is 83.6 Å². The van der Waals surface area contributed by atoms with Crippen molar-refractivity contribution in [3.63, 3.8) is 0 Å². The van der Waals surface area contributed by atoms with Gasteiger partial charge in [0.05, 0.1) is 0 Å². The summed E-state index contributed by atoms with van der Waals surface area (Å²) in [6.07, 6.45) is 0. The third-order valence-electron chi connectivity index (χ3n) is 3.36. The minimum absolute atomic E-state index is 0.145. The van der Waals surface area contributed by atoms with Crippen molar-refractivity contribution in [2.75, 3.05) is 5.32 Å². The summed E-state index contributed by atoms with van der Waals surface area (Å²) < 4.78 is 26.0. The third kappa shape index (κ3) is 4.57. The average Bonchev–Trinajstić information content (AvgIpc) is 2.62. The summed E-state index contributed by atoms with van der Waals surface area (Å²) in [6, 6.07) is 14.8. The Morgan fingerprint density at radius 2 is 1.72 bits per heavy atom. The number of nitrogens with zero attached hydrogens (tertiary/aromatic N) is 2. The number of aromatic nitrogens is 2. The molecular formula is C18H14F2N4O. The van der Waals surface area contributed by atoms with E-state index < -0.39 is 5.91 Å². The van der Waals surface area contributed by atoms with E-state index in [-0.39, 0.29) is 23.9 Å². The lowest BCUT2D eigenvalue weighted by molar-refractivity contribution is 0.0945. The molecule has 0 spiro atoms. The molecule has 25 heavy (non-hydrogen) atoms. The Labute approximate surface area is 142 Å². The lowest BCUT2D eigenvalue weighted by Gasteiger charge is -2.07. The first-order chi connectivity index (χ1) is 12.1. The summed E-state index contributed by atoms with van der Waals surface area (Å²) in [5.74, 6) is -0.702. The van der Waals surface area contributed by atoms with Gasteiger partial charge < -0.3 is 10.6 Å². The Morgan fingerprint density at radius 3 is 2.40 bits per heavy atom. The number of hydrogen-bond donors (Lipinski definition) is 2. The molecule has 1 heterocycles. The molecule has 7 heteroatoms. The quantitative estimate of drug-likeness (QED) is 0.747. The molecule has 0 saturated heterocycles. The summed E-state index contributed by atoms with van der Waals surface area (Å²) in [5, 5.41) is 13.3. The number of benzene rings is 2. The Bertz CT molecular complexity index is 867. The summed E-state index contributed by atoms with van der Waals surface area (Å²) in [6.45, 7) is 0.254. The summed E-state index contributed by atoms with van der Waals surface area (Å²) >= 11 is 0. The molecule has 2 aromatic carbocycles. The number of amides is 1. The van der Waals surface area contributed by atoms with Crippen LogP contribution in [0.5, 0.6) is 0 Å². The molecule has 3 rings (SSSR count). The fourth-order valence-corrected chi connectivity index (χ4v) is 2.11. The molecule has 0 saturated carbocycles. The molecule has 126 valence electrons. The van der Waals surface area contributed by atoms with Crippen LogP contribution in [0.25, 0.3) is 0 Å². The van der Waals surface area contributed by atoms with E-state index in [2.05, 4.69) is 20.8 Å². The number of carbonyl (C=O) groups excluding carboxylic acids is 1. The van der Waals surface area contributed by atoms with Gasteiger partial charge in [-0.15, -0.1) is 10.2 Å². The van der Waals surface area contributed by atoms with Gasteiger partial charge in [-0.1, -0.05) is 18.2 Å². The van der Waals surface area contributed by atoms with Crippen molar-refractivity contribution in [1.29, 1.82) is 0 Å². The van der Waals surface area contributed by atoms with Crippen LogP contribution < -0.4 is 10.6 Å². The van der Waals surface area contributed by atoms with Crippen LogP contribution in [0, 0.1) is 11.6 Å². The molecule has 5 nitrogen and oxygen atoms in total. The van der Waals surface area contributed by atoms with Gasteiger partial charge in [-0.05, 0) is 48.0 Å². The fourth-order valence-electron chi connectivity index (χ4n) is 2.11. The van der Waals surface area contributed by atoms with Crippen molar-refractivity contribution >= 4 is 17.4 Å². The molecule has 1 aromatic heterocycles. The van der Waals surface area contributed by atoms with Crippen LogP contribution in [0.1, 0.15) is 16.1 Å². The molecule has 0 atom stereocenters. The van der Waals surface area contributed by atoms with Crippen LogP contribution in [0.15, 0.2) is 60.7 Å². The maximum Gasteiger partial charge on any atom is 0.272 e. The van der Waals surface area contributed by atoms with E-state index in [0.717, 1.165) is 5.56 Å². The molecular weight excluding hydrogens is 326 g/mol. The molecule has 3 aromatic rings. The molecule has 0 aliphatic carbocycles. The van der Waals surface area contributed by atoms with Gasteiger partial charge in [0.15, 0.2) is 11.5 Å². The largest absolute Gasteiger partial charge is 0.347 e. The molecule has 0 radical (unpaired) electrons. The predicted octanol–water partition coefficient (Wildman–Crippen LogP) is 3.43. The maximum atomic E-state index is 13.1. The first-order valence-electron chi connectivity index (χ1n) is 7.49. The van der Waals surface area contributed by atoms with Gasteiger partial charge in [-0.25, -0.2) is 8.78 Å². The van der Waals surface area contributed by atoms with Crippen molar-refractivity contribution in [2.45, 2.75) is 6.54 Å². The standard InChI is InChI=1S/C18H14F2N4O/c19-13-6-4-12(5-7-13)11-21-18(25)16-8-9-17(24-23-16)22-15-3-1-2-14(20)10-15/h1-10H,11H2,(H,21,25)(H,22,24). The van der Waals surface area contributed by atoms with Gasteiger partial charge in [0.2, 0.25) is 0 Å². The van der Waals surface area contributed by atoms with Crippen molar-refractivity contribution in [2.24, 2.45) is 0 Å². The average molecular weight is 340 g/mol. The first kappa shape index (κ1) is 16.5. The highest BCUT2D eigenvalue weighted by Crippen LogP contribution is 2.14. The minimum Gasteiger partial charge on any atom is -0.347 e. The van der Waals surface area contributed by atoms with Gasteiger partial charge in [-0.2, -0.15) is 0 Å². The summed E-state index contributed by atoms with van der Waals surface area (Å²) in [5.41, 5.74) is 1.45. The highest BCUT2D eigenvalue weighted by atomic mass is 19.1. The van der Waals surface area contributed by atoms with Gasteiger partial charge in [0.25, 0.3) is 5.91 Å². The zero-order valence-electron chi connectivity index (χ0n) is 13.0. The number of rotatable bonds is 5. The normalized spacial score (nSPS) is 10.3. The lowest BCUT2D eigenvalue weighted by atomic mass is 10.2. The Hall–Kier alpha value is -3.35. The summed E-state index contributed by atoms with van der Waals surface area (Å²) in [4.78, 5) is 12.0. The maximum absolute atomic E-state index is 13.1. The van der Waals surface area contributed by atoms with E-state index in [9.17, 15) is 13.6 Å². The SMILES string of the molecule is O=C(NCc1ccc(F)cc1)c1ccc(Nc2cccc(F)c2)nn1. The second kappa shape index (κ2) is 7.48. The lowest BCUT2D eigenvalue weighted by Crippen LogP contribution is -2.24. The molecule has 2 N–H and O–H groups in total. The van der Waals surface area contributed by atoms with Crippen molar-refractivity contribution < 1.29 is 13.6 Å². The van der Waals surface area contributed by atoms with Crippen LogP contribution in [-0.2, 0) is 6.54 Å². The molecule has 0 aliphatic heterocycles. The highest BCUT2D eigenvalue weighted by Gasteiger charge is 2.08.